The average Bonchev–Trinajstić information content (AvgIpc) is 2.37. The largest absolute Gasteiger partial charge is 0.0919 e. The maximum absolute atomic E-state index is 2.28. The van der Waals surface area contributed by atoms with Gasteiger partial charge in [0.2, 0.25) is 0 Å². The van der Waals surface area contributed by atoms with Crippen LogP contribution in [-0.2, 0) is 0 Å². The Morgan fingerprint density at radius 2 is 1.24 bits per heavy atom. The van der Waals surface area contributed by atoms with Gasteiger partial charge in [-0.15, -0.1) is 0 Å². The Balaban J connectivity index is -0.000000188. The second-order valence-corrected chi connectivity index (χ2v) is 3.87. The molecule has 0 saturated heterocycles. The van der Waals surface area contributed by atoms with E-state index in [-0.39, 0.29) is 0 Å². The van der Waals surface area contributed by atoms with Crippen molar-refractivity contribution in [3.63, 3.8) is 0 Å². The van der Waals surface area contributed by atoms with Gasteiger partial charge in [-0.2, -0.15) is 0 Å². The van der Waals surface area contributed by atoms with Crippen LogP contribution in [0.15, 0.2) is 36.5 Å². The minimum absolute atomic E-state index is 0.773. The van der Waals surface area contributed by atoms with Gasteiger partial charge in [-0.1, -0.05) is 70.6 Å². The third kappa shape index (κ3) is 39.4. The monoisotopic (exact) mass is 238 g/mol. The van der Waals surface area contributed by atoms with Gasteiger partial charge in [0.25, 0.3) is 0 Å². The van der Waals surface area contributed by atoms with E-state index in [1.165, 1.54) is 12.8 Å². The molecule has 1 atom stereocenters. The fourth-order valence-electron chi connectivity index (χ4n) is 0.740. The van der Waals surface area contributed by atoms with Crippen LogP contribution >= 0.6 is 0 Å². The van der Waals surface area contributed by atoms with Gasteiger partial charge in [0.1, 0.15) is 0 Å². The van der Waals surface area contributed by atoms with Crippen LogP contribution in [0.1, 0.15) is 67.7 Å². The maximum Gasteiger partial charge on any atom is -0.0265 e. The molecule has 0 radical (unpaired) electrons. The summed E-state index contributed by atoms with van der Waals surface area (Å²) in [6.07, 6.45) is 16.3. The van der Waals surface area contributed by atoms with Crippen LogP contribution in [0, 0.1) is 5.92 Å². The molecular formula is C17H34. The first-order valence-corrected chi connectivity index (χ1v) is 6.99. The van der Waals surface area contributed by atoms with Crippen LogP contribution in [0.4, 0.5) is 0 Å². The summed E-state index contributed by atoms with van der Waals surface area (Å²) in [5.74, 6) is 0.773. The van der Waals surface area contributed by atoms with Crippen molar-refractivity contribution in [1.29, 1.82) is 0 Å². The highest BCUT2D eigenvalue weighted by Crippen LogP contribution is 2.01. The molecule has 0 amide bonds. The van der Waals surface area contributed by atoms with E-state index in [0.29, 0.717) is 0 Å². The molecule has 0 heteroatoms. The molecule has 0 aromatic rings. The molecule has 0 aliphatic heterocycles. The fourth-order valence-corrected chi connectivity index (χ4v) is 0.740. The third-order valence-corrected chi connectivity index (χ3v) is 2.15. The molecule has 0 heterocycles. The van der Waals surface area contributed by atoms with E-state index in [2.05, 4.69) is 52.0 Å². The van der Waals surface area contributed by atoms with E-state index in [4.69, 9.17) is 0 Å². The quantitative estimate of drug-likeness (QED) is 0.487. The highest BCUT2D eigenvalue weighted by atomic mass is 13.9. The van der Waals surface area contributed by atoms with Crippen LogP contribution < -0.4 is 0 Å². The van der Waals surface area contributed by atoms with E-state index in [0.717, 1.165) is 12.3 Å². The Morgan fingerprint density at radius 3 is 1.41 bits per heavy atom. The highest BCUT2D eigenvalue weighted by molar-refractivity contribution is 4.84. The maximum atomic E-state index is 2.28. The van der Waals surface area contributed by atoms with E-state index in [9.17, 15) is 0 Å². The summed E-state index contributed by atoms with van der Waals surface area (Å²) in [4.78, 5) is 0. The number of rotatable bonds is 4. The predicted molar refractivity (Wildman–Crippen MR) is 84.5 cm³/mol. The Bertz CT molecular complexity index is 168. The van der Waals surface area contributed by atoms with E-state index >= 15 is 0 Å². The zero-order chi connectivity index (χ0) is 13.9. The summed E-state index contributed by atoms with van der Waals surface area (Å²) < 4.78 is 0. The van der Waals surface area contributed by atoms with Gasteiger partial charge in [0.05, 0.1) is 0 Å². The molecule has 0 aromatic carbocycles. The summed E-state index contributed by atoms with van der Waals surface area (Å²) in [5, 5.41) is 0. The van der Waals surface area contributed by atoms with Crippen molar-refractivity contribution in [3.8, 4) is 0 Å². The molecule has 17 heavy (non-hydrogen) atoms. The Hall–Kier alpha value is -0.780. The third-order valence-electron chi connectivity index (χ3n) is 2.15. The molecule has 0 saturated carbocycles. The summed E-state index contributed by atoms with van der Waals surface area (Å²) in [6.45, 7) is 14.8. The minimum atomic E-state index is 0.773. The van der Waals surface area contributed by atoms with Gasteiger partial charge in [-0.25, -0.2) is 0 Å². The van der Waals surface area contributed by atoms with Crippen LogP contribution in [-0.4, -0.2) is 0 Å². The average molecular weight is 238 g/mol. The fraction of sp³-hybridized carbons (Fsp3) is 0.647. The van der Waals surface area contributed by atoms with Crippen molar-refractivity contribution in [2.24, 2.45) is 5.92 Å². The van der Waals surface area contributed by atoms with Gasteiger partial charge in [-0.05, 0) is 39.5 Å². The normalized spacial score (nSPS) is 12.2. The Kier molecular flexibility index (Phi) is 30.9. The molecule has 0 aromatic heterocycles. The molecular weight excluding hydrogens is 204 g/mol. The van der Waals surface area contributed by atoms with Gasteiger partial charge in [0, 0.05) is 0 Å². The lowest BCUT2D eigenvalue weighted by atomic mass is 10.1. The van der Waals surface area contributed by atoms with Crippen LogP contribution in [0.5, 0.6) is 0 Å². The lowest BCUT2D eigenvalue weighted by molar-refractivity contribution is 0.695. The second-order valence-electron chi connectivity index (χ2n) is 3.87. The predicted octanol–water partition coefficient (Wildman–Crippen LogP) is 6.55. The van der Waals surface area contributed by atoms with Crippen molar-refractivity contribution < 1.29 is 0 Å². The van der Waals surface area contributed by atoms with Gasteiger partial charge in [-0.3, -0.25) is 0 Å². The van der Waals surface area contributed by atoms with Crippen molar-refractivity contribution >= 4 is 0 Å². The zero-order valence-corrected chi connectivity index (χ0v) is 13.2. The van der Waals surface area contributed by atoms with E-state index < -0.39 is 0 Å². The second kappa shape index (κ2) is 24.4. The van der Waals surface area contributed by atoms with Gasteiger partial charge >= 0.3 is 0 Å². The Morgan fingerprint density at radius 1 is 0.765 bits per heavy atom. The minimum Gasteiger partial charge on any atom is -0.0919 e. The SMILES string of the molecule is CC=CC.CC=CCC.CCC=CC(C)CC. The first kappa shape index (κ1) is 21.5. The zero-order valence-electron chi connectivity index (χ0n) is 13.2. The molecule has 0 nitrogen and oxygen atoms in total. The summed E-state index contributed by atoms with van der Waals surface area (Å²) in [5.41, 5.74) is 0. The molecule has 0 aliphatic rings. The van der Waals surface area contributed by atoms with Crippen molar-refractivity contribution in [2.75, 3.05) is 0 Å². The summed E-state index contributed by atoms with van der Waals surface area (Å²) >= 11 is 0. The molecule has 0 bridgehead atoms. The number of allylic oxidation sites excluding steroid dienone is 6. The molecule has 0 rings (SSSR count). The summed E-state index contributed by atoms with van der Waals surface area (Å²) in [6, 6.07) is 0. The van der Waals surface area contributed by atoms with E-state index in [1.807, 2.05) is 32.9 Å². The Labute approximate surface area is 111 Å². The number of hydrogen-bond acceptors (Lipinski definition) is 0. The molecule has 0 N–H and O–H groups in total. The molecule has 0 spiro atoms. The highest BCUT2D eigenvalue weighted by Gasteiger charge is 1.87. The van der Waals surface area contributed by atoms with Crippen molar-refractivity contribution in [1.82, 2.24) is 0 Å². The lowest BCUT2D eigenvalue weighted by Crippen LogP contribution is -1.82. The van der Waals surface area contributed by atoms with Gasteiger partial charge < -0.3 is 0 Å². The van der Waals surface area contributed by atoms with Crippen LogP contribution in [0.25, 0.3) is 0 Å². The van der Waals surface area contributed by atoms with Crippen LogP contribution in [0.3, 0.4) is 0 Å². The molecule has 102 valence electrons. The topological polar surface area (TPSA) is 0 Å². The lowest BCUT2D eigenvalue weighted by Gasteiger charge is -1.96. The van der Waals surface area contributed by atoms with Crippen molar-refractivity contribution in [2.45, 2.75) is 67.7 Å². The van der Waals surface area contributed by atoms with Crippen molar-refractivity contribution in [3.05, 3.63) is 36.5 Å². The van der Waals surface area contributed by atoms with Crippen LogP contribution in [0.2, 0.25) is 0 Å². The molecule has 1 unspecified atom stereocenters. The first-order chi connectivity index (χ1) is 8.14. The molecule has 0 fully saturated rings. The number of hydrogen-bond donors (Lipinski definition) is 0. The first-order valence-electron chi connectivity index (χ1n) is 6.99. The standard InChI is InChI=1S/C8H16.C5H10.C4H8/c1-4-6-7-8(3)5-2;1-3-5-4-2;1-3-4-2/h6-8H,4-5H2,1-3H3;3,5H,4H2,1-2H3;3-4H,1-2H3. The smallest absolute Gasteiger partial charge is 0.0265 e. The van der Waals surface area contributed by atoms with Gasteiger partial charge in [0.15, 0.2) is 0 Å². The van der Waals surface area contributed by atoms with E-state index in [1.54, 1.807) is 0 Å². The summed E-state index contributed by atoms with van der Waals surface area (Å²) in [7, 11) is 0. The molecule has 0 aliphatic carbocycles.